The van der Waals surface area contributed by atoms with E-state index in [0.29, 0.717) is 16.2 Å². The molecule has 1 heterocycles. The van der Waals surface area contributed by atoms with E-state index in [0.717, 1.165) is 0 Å². The number of amides is 2. The predicted octanol–water partition coefficient (Wildman–Crippen LogP) is 2.81. The van der Waals surface area contributed by atoms with E-state index in [2.05, 4.69) is 0 Å². The highest BCUT2D eigenvalue weighted by Crippen LogP contribution is 2.24. The number of halogens is 1. The summed E-state index contributed by atoms with van der Waals surface area (Å²) in [7, 11) is 0. The van der Waals surface area contributed by atoms with Crippen LogP contribution < -0.4 is 0 Å². The monoisotopic (exact) mass is 313 g/mol. The summed E-state index contributed by atoms with van der Waals surface area (Å²) >= 11 is 0. The number of carbonyl (C=O) groups excluding carboxylic acids is 3. The fourth-order valence-corrected chi connectivity index (χ4v) is 2.61. The van der Waals surface area contributed by atoms with Gasteiger partial charge in [-0.3, -0.25) is 9.59 Å². The van der Waals surface area contributed by atoms with Crippen molar-refractivity contribution < 1.29 is 23.6 Å². The summed E-state index contributed by atoms with van der Waals surface area (Å²) in [5, 5.41) is 0.440. The largest absolute Gasteiger partial charge is 0.364 e. The number of rotatable bonds is 2. The smallest absolute Gasteiger partial charge is 0.324 e. The average Bonchev–Trinajstić information content (AvgIpc) is 2.72. The summed E-state index contributed by atoms with van der Waals surface area (Å²) in [4.78, 5) is 41.6. The first-order chi connectivity index (χ1) is 10.9. The molecule has 0 spiro atoms. The number of nitrogens with zero attached hydrogens (tertiary/aromatic N) is 1. The van der Waals surface area contributed by atoms with Crippen molar-refractivity contribution in [3.05, 3.63) is 70.0 Å². The molecule has 0 bridgehead atoms. The maximum absolute atomic E-state index is 13.3. The highest BCUT2D eigenvalue weighted by Gasteiger charge is 2.39. The Morgan fingerprint density at radius 3 is 1.96 bits per heavy atom. The Kier molecular flexibility index (Phi) is 3.44. The topological polar surface area (TPSA) is 63.7 Å². The third-order valence-corrected chi connectivity index (χ3v) is 3.63. The molecule has 3 rings (SSSR count). The molecule has 5 nitrogen and oxygen atoms in total. The zero-order valence-corrected chi connectivity index (χ0v) is 12.4. The van der Waals surface area contributed by atoms with E-state index in [9.17, 15) is 18.8 Å². The molecule has 2 aromatic carbocycles. The van der Waals surface area contributed by atoms with Crippen molar-refractivity contribution in [3.8, 4) is 0 Å². The normalized spacial score (nSPS) is 13.3. The third-order valence-electron chi connectivity index (χ3n) is 3.63. The Labute approximate surface area is 131 Å². The fourth-order valence-electron chi connectivity index (χ4n) is 2.61. The van der Waals surface area contributed by atoms with E-state index in [1.165, 1.54) is 24.3 Å². The van der Waals surface area contributed by atoms with Crippen LogP contribution in [-0.4, -0.2) is 22.8 Å². The van der Waals surface area contributed by atoms with Crippen LogP contribution in [-0.2, 0) is 4.84 Å². The van der Waals surface area contributed by atoms with Gasteiger partial charge in [0.1, 0.15) is 5.82 Å². The van der Waals surface area contributed by atoms with E-state index in [-0.39, 0.29) is 16.7 Å². The zero-order chi connectivity index (χ0) is 16.7. The Balaban J connectivity index is 1.91. The molecule has 0 aliphatic carbocycles. The zero-order valence-electron chi connectivity index (χ0n) is 12.4. The minimum absolute atomic E-state index is 0.128. The first-order valence-electron chi connectivity index (χ1n) is 6.87. The molecule has 116 valence electrons. The SMILES string of the molecule is Cc1cc(F)cc(C)c1C(=O)ON1C(=O)c2ccccc2C1=O. The molecule has 6 heteroatoms. The highest BCUT2D eigenvalue weighted by atomic mass is 19.1. The van der Waals surface area contributed by atoms with Crippen molar-refractivity contribution in [1.82, 2.24) is 5.06 Å². The lowest BCUT2D eigenvalue weighted by atomic mass is 10.0. The molecule has 0 N–H and O–H groups in total. The molecular weight excluding hydrogens is 301 g/mol. The molecule has 2 aromatic rings. The van der Waals surface area contributed by atoms with Crippen molar-refractivity contribution in [1.29, 1.82) is 0 Å². The van der Waals surface area contributed by atoms with Crippen LogP contribution in [0.2, 0.25) is 0 Å². The molecule has 2 amide bonds. The second-order valence-corrected chi connectivity index (χ2v) is 5.24. The van der Waals surface area contributed by atoms with E-state index in [4.69, 9.17) is 4.84 Å². The standard InChI is InChI=1S/C17H12FNO4/c1-9-7-11(18)8-10(2)14(9)17(22)23-19-15(20)12-5-3-4-6-13(12)16(19)21/h3-8H,1-2H3. The molecule has 0 fully saturated rings. The van der Waals surface area contributed by atoms with Gasteiger partial charge in [-0.1, -0.05) is 17.2 Å². The van der Waals surface area contributed by atoms with Crippen LogP contribution in [0.1, 0.15) is 42.2 Å². The second-order valence-electron chi connectivity index (χ2n) is 5.24. The van der Waals surface area contributed by atoms with Crippen LogP contribution in [0, 0.1) is 19.7 Å². The van der Waals surface area contributed by atoms with Crippen molar-refractivity contribution in [2.24, 2.45) is 0 Å². The highest BCUT2D eigenvalue weighted by molar-refractivity contribution is 6.21. The maximum Gasteiger partial charge on any atom is 0.364 e. The summed E-state index contributed by atoms with van der Waals surface area (Å²) in [5.41, 5.74) is 1.21. The summed E-state index contributed by atoms with van der Waals surface area (Å²) in [6.45, 7) is 3.10. The van der Waals surface area contributed by atoms with Gasteiger partial charge in [0, 0.05) is 0 Å². The molecule has 0 aromatic heterocycles. The van der Waals surface area contributed by atoms with E-state index in [1.54, 1.807) is 26.0 Å². The van der Waals surface area contributed by atoms with Gasteiger partial charge in [0.25, 0.3) is 11.8 Å². The fraction of sp³-hybridized carbons (Fsp3) is 0.118. The maximum atomic E-state index is 13.3. The summed E-state index contributed by atoms with van der Waals surface area (Å²) < 4.78 is 13.3. The molecule has 0 radical (unpaired) electrons. The molecule has 0 unspecified atom stereocenters. The molecular formula is C17H12FNO4. The first-order valence-corrected chi connectivity index (χ1v) is 6.87. The molecule has 1 aliphatic rings. The van der Waals surface area contributed by atoms with Gasteiger partial charge >= 0.3 is 5.97 Å². The van der Waals surface area contributed by atoms with Crippen LogP contribution in [0.4, 0.5) is 4.39 Å². The van der Waals surface area contributed by atoms with Gasteiger partial charge in [-0.2, -0.15) is 0 Å². The Bertz CT molecular complexity index is 801. The summed E-state index contributed by atoms with van der Waals surface area (Å²) in [5.74, 6) is -2.75. The van der Waals surface area contributed by atoms with Crippen molar-refractivity contribution in [3.63, 3.8) is 0 Å². The number of carbonyl (C=O) groups is 3. The van der Waals surface area contributed by atoms with Crippen LogP contribution in [0.5, 0.6) is 0 Å². The number of hydrogen-bond acceptors (Lipinski definition) is 4. The summed E-state index contributed by atoms with van der Waals surface area (Å²) in [6.07, 6.45) is 0. The lowest BCUT2D eigenvalue weighted by molar-refractivity contribution is -0.0585. The average molecular weight is 313 g/mol. The van der Waals surface area contributed by atoms with Crippen molar-refractivity contribution in [2.45, 2.75) is 13.8 Å². The Morgan fingerprint density at radius 2 is 1.48 bits per heavy atom. The van der Waals surface area contributed by atoms with Crippen molar-refractivity contribution >= 4 is 17.8 Å². The van der Waals surface area contributed by atoms with E-state index in [1.807, 2.05) is 0 Å². The van der Waals surface area contributed by atoms with Crippen LogP contribution in [0.3, 0.4) is 0 Å². The van der Waals surface area contributed by atoms with Gasteiger partial charge in [-0.15, -0.1) is 0 Å². The lowest BCUT2D eigenvalue weighted by Gasteiger charge is -2.15. The molecule has 23 heavy (non-hydrogen) atoms. The number of benzene rings is 2. The minimum atomic E-state index is -0.880. The first kappa shape index (κ1) is 14.9. The number of imide groups is 1. The number of fused-ring (bicyclic) bond motifs is 1. The number of hydrogen-bond donors (Lipinski definition) is 0. The van der Waals surface area contributed by atoms with Gasteiger partial charge in [-0.25, -0.2) is 9.18 Å². The van der Waals surface area contributed by atoms with Gasteiger partial charge in [0.2, 0.25) is 0 Å². The molecule has 0 saturated heterocycles. The molecule has 1 aliphatic heterocycles. The quantitative estimate of drug-likeness (QED) is 0.800. The second kappa shape index (κ2) is 5.31. The lowest BCUT2D eigenvalue weighted by Crippen LogP contribution is -2.33. The van der Waals surface area contributed by atoms with E-state index < -0.39 is 23.6 Å². The summed E-state index contributed by atoms with van der Waals surface area (Å²) in [6, 6.07) is 8.57. The minimum Gasteiger partial charge on any atom is -0.324 e. The Morgan fingerprint density at radius 1 is 1.00 bits per heavy atom. The third kappa shape index (κ3) is 2.38. The van der Waals surface area contributed by atoms with Gasteiger partial charge in [0.15, 0.2) is 0 Å². The molecule has 0 atom stereocenters. The van der Waals surface area contributed by atoms with Gasteiger partial charge in [0.05, 0.1) is 16.7 Å². The van der Waals surface area contributed by atoms with Gasteiger partial charge in [-0.05, 0) is 49.2 Å². The predicted molar refractivity (Wildman–Crippen MR) is 78.2 cm³/mol. The van der Waals surface area contributed by atoms with E-state index >= 15 is 0 Å². The van der Waals surface area contributed by atoms with Gasteiger partial charge < -0.3 is 4.84 Å². The Hall–Kier alpha value is -3.02. The van der Waals surface area contributed by atoms with Crippen LogP contribution in [0.15, 0.2) is 36.4 Å². The van der Waals surface area contributed by atoms with Crippen LogP contribution in [0.25, 0.3) is 0 Å². The molecule has 0 saturated carbocycles. The number of hydroxylamine groups is 2. The van der Waals surface area contributed by atoms with Crippen molar-refractivity contribution in [2.75, 3.05) is 0 Å². The number of aryl methyl sites for hydroxylation is 2. The van der Waals surface area contributed by atoms with Crippen LogP contribution >= 0.6 is 0 Å².